The topological polar surface area (TPSA) is 66.5 Å². The van der Waals surface area contributed by atoms with Crippen molar-refractivity contribution in [1.29, 1.82) is 0 Å². The smallest absolute Gasteiger partial charge is 0.241 e. The van der Waals surface area contributed by atoms with Crippen molar-refractivity contribution in [2.75, 3.05) is 13.1 Å². The highest BCUT2D eigenvalue weighted by atomic mass is 32.2. The highest BCUT2D eigenvalue weighted by Crippen LogP contribution is 2.24. The molecule has 25 heavy (non-hydrogen) atoms. The Hall–Kier alpha value is -1.40. The van der Waals surface area contributed by atoms with Gasteiger partial charge in [-0.3, -0.25) is 4.79 Å². The molecule has 1 aromatic carbocycles. The molecule has 1 heterocycles. The number of hydrogen-bond acceptors (Lipinski definition) is 3. The molecule has 1 atom stereocenters. The maximum absolute atomic E-state index is 12.7. The lowest BCUT2D eigenvalue weighted by molar-refractivity contribution is -0.132. The van der Waals surface area contributed by atoms with Crippen LogP contribution in [0.4, 0.5) is 0 Å². The van der Waals surface area contributed by atoms with Crippen molar-refractivity contribution in [3.8, 4) is 0 Å². The maximum atomic E-state index is 12.7. The van der Waals surface area contributed by atoms with Crippen molar-refractivity contribution in [2.24, 2.45) is 5.92 Å². The number of rotatable bonds is 5. The fraction of sp³-hybridized carbons (Fsp3) is 0.632. The average Bonchev–Trinajstić information content (AvgIpc) is 3.05. The van der Waals surface area contributed by atoms with Crippen LogP contribution < -0.4 is 4.72 Å². The molecule has 5 nitrogen and oxygen atoms in total. The summed E-state index contributed by atoms with van der Waals surface area (Å²) in [6.45, 7) is 11.4. The first-order chi connectivity index (χ1) is 11.5. The minimum Gasteiger partial charge on any atom is -0.341 e. The zero-order valence-corrected chi connectivity index (χ0v) is 16.7. The molecule has 0 spiro atoms. The summed E-state index contributed by atoms with van der Waals surface area (Å²) in [6.07, 6.45) is 1.97. The van der Waals surface area contributed by atoms with Crippen LogP contribution in [-0.2, 0) is 20.2 Å². The van der Waals surface area contributed by atoms with Crippen LogP contribution in [0.15, 0.2) is 29.2 Å². The van der Waals surface area contributed by atoms with Gasteiger partial charge in [-0.15, -0.1) is 0 Å². The predicted molar refractivity (Wildman–Crippen MR) is 99.9 cm³/mol. The Kier molecular flexibility index (Phi) is 5.94. The SMILES string of the molecule is CC(C)[C@H](NS(=O)(=O)c1ccc(C(C)(C)C)cc1)C(=O)N1CCCC1. The molecule has 1 fully saturated rings. The normalized spacial score (nSPS) is 17.1. The molecule has 0 saturated carbocycles. The number of hydrogen-bond donors (Lipinski definition) is 1. The quantitative estimate of drug-likeness (QED) is 0.871. The number of sulfonamides is 1. The van der Waals surface area contributed by atoms with E-state index in [2.05, 4.69) is 25.5 Å². The summed E-state index contributed by atoms with van der Waals surface area (Å²) in [6, 6.07) is 6.16. The second kappa shape index (κ2) is 7.46. The third kappa shape index (κ3) is 4.82. The average molecular weight is 367 g/mol. The van der Waals surface area contributed by atoms with Crippen LogP contribution in [0, 0.1) is 5.92 Å². The predicted octanol–water partition coefficient (Wildman–Crippen LogP) is 2.91. The van der Waals surface area contributed by atoms with Crippen LogP contribution in [0.5, 0.6) is 0 Å². The summed E-state index contributed by atoms with van der Waals surface area (Å²) in [7, 11) is -3.74. The molecular formula is C19H30N2O3S. The summed E-state index contributed by atoms with van der Waals surface area (Å²) >= 11 is 0. The van der Waals surface area contributed by atoms with Crippen molar-refractivity contribution < 1.29 is 13.2 Å². The number of nitrogens with one attached hydrogen (secondary N) is 1. The molecule has 0 radical (unpaired) electrons. The van der Waals surface area contributed by atoms with E-state index in [1.54, 1.807) is 17.0 Å². The molecule has 140 valence electrons. The largest absolute Gasteiger partial charge is 0.341 e. The lowest BCUT2D eigenvalue weighted by Gasteiger charge is -2.26. The molecule has 1 N–H and O–H groups in total. The first kappa shape index (κ1) is 19.9. The number of carbonyl (C=O) groups excluding carboxylic acids is 1. The van der Waals surface area contributed by atoms with Gasteiger partial charge in [-0.05, 0) is 41.9 Å². The second-order valence-corrected chi connectivity index (χ2v) is 9.86. The molecule has 1 aliphatic rings. The number of amides is 1. The van der Waals surface area contributed by atoms with E-state index in [9.17, 15) is 13.2 Å². The van der Waals surface area contributed by atoms with Gasteiger partial charge in [0.25, 0.3) is 0 Å². The molecule has 1 aromatic rings. The van der Waals surface area contributed by atoms with Gasteiger partial charge >= 0.3 is 0 Å². The summed E-state index contributed by atoms with van der Waals surface area (Å²) < 4.78 is 28.1. The molecule has 2 rings (SSSR count). The minimum absolute atomic E-state index is 0.0398. The Morgan fingerprint density at radius 1 is 1.08 bits per heavy atom. The molecule has 1 saturated heterocycles. The standard InChI is InChI=1S/C19H30N2O3S/c1-14(2)17(18(22)21-12-6-7-13-21)20-25(23,24)16-10-8-15(9-11-16)19(3,4)5/h8-11,14,17,20H,6-7,12-13H2,1-5H3/t17-/m0/s1. The molecule has 6 heteroatoms. The Bertz CT molecular complexity index is 697. The molecule has 0 unspecified atom stereocenters. The fourth-order valence-corrected chi connectivity index (χ4v) is 4.31. The monoisotopic (exact) mass is 366 g/mol. The van der Waals surface area contributed by atoms with Gasteiger partial charge in [0.05, 0.1) is 4.90 Å². The Balaban J connectivity index is 2.21. The van der Waals surface area contributed by atoms with Crippen molar-refractivity contribution >= 4 is 15.9 Å². The van der Waals surface area contributed by atoms with E-state index in [0.29, 0.717) is 13.1 Å². The zero-order chi connectivity index (χ0) is 18.8. The highest BCUT2D eigenvalue weighted by Gasteiger charge is 2.32. The van der Waals surface area contributed by atoms with E-state index >= 15 is 0 Å². The maximum Gasteiger partial charge on any atom is 0.241 e. The van der Waals surface area contributed by atoms with Gasteiger partial charge in [0.1, 0.15) is 6.04 Å². The van der Waals surface area contributed by atoms with Gasteiger partial charge < -0.3 is 4.90 Å². The molecule has 0 aliphatic carbocycles. The summed E-state index contributed by atoms with van der Waals surface area (Å²) in [5.74, 6) is -0.237. The number of benzene rings is 1. The highest BCUT2D eigenvalue weighted by molar-refractivity contribution is 7.89. The summed E-state index contributed by atoms with van der Waals surface area (Å²) in [4.78, 5) is 14.6. The van der Waals surface area contributed by atoms with Crippen LogP contribution >= 0.6 is 0 Å². The van der Waals surface area contributed by atoms with Crippen LogP contribution in [0.1, 0.15) is 53.0 Å². The lowest BCUT2D eigenvalue weighted by Crippen LogP contribution is -2.50. The van der Waals surface area contributed by atoms with Gasteiger partial charge in [0, 0.05) is 13.1 Å². The first-order valence-electron chi connectivity index (χ1n) is 8.94. The van der Waals surface area contributed by atoms with E-state index in [4.69, 9.17) is 0 Å². The van der Waals surface area contributed by atoms with Crippen molar-refractivity contribution in [2.45, 2.75) is 63.8 Å². The molecule has 1 amide bonds. The Morgan fingerprint density at radius 2 is 1.60 bits per heavy atom. The minimum atomic E-state index is -3.74. The van der Waals surface area contributed by atoms with Crippen molar-refractivity contribution in [3.05, 3.63) is 29.8 Å². The Morgan fingerprint density at radius 3 is 2.04 bits per heavy atom. The van der Waals surface area contributed by atoms with Gasteiger partial charge in [0.2, 0.25) is 15.9 Å². The third-order valence-electron chi connectivity index (χ3n) is 4.66. The number of nitrogens with zero attached hydrogens (tertiary/aromatic N) is 1. The molecular weight excluding hydrogens is 336 g/mol. The van der Waals surface area contributed by atoms with E-state index in [-0.39, 0.29) is 22.1 Å². The van der Waals surface area contributed by atoms with Crippen LogP contribution in [0.3, 0.4) is 0 Å². The molecule has 0 aromatic heterocycles. The Labute approximate surface area is 151 Å². The van der Waals surface area contributed by atoms with Crippen molar-refractivity contribution in [1.82, 2.24) is 9.62 Å². The number of carbonyl (C=O) groups is 1. The van der Waals surface area contributed by atoms with E-state index in [1.807, 2.05) is 26.0 Å². The van der Waals surface area contributed by atoms with Crippen molar-refractivity contribution in [3.63, 3.8) is 0 Å². The first-order valence-corrected chi connectivity index (χ1v) is 10.4. The second-order valence-electron chi connectivity index (χ2n) is 8.15. The van der Waals surface area contributed by atoms with Gasteiger partial charge in [-0.2, -0.15) is 4.72 Å². The third-order valence-corrected chi connectivity index (χ3v) is 6.12. The summed E-state index contributed by atoms with van der Waals surface area (Å²) in [5, 5.41) is 0. The van der Waals surface area contributed by atoms with Crippen LogP contribution in [0.25, 0.3) is 0 Å². The zero-order valence-electron chi connectivity index (χ0n) is 15.9. The van der Waals surface area contributed by atoms with E-state index in [0.717, 1.165) is 18.4 Å². The molecule has 1 aliphatic heterocycles. The van der Waals surface area contributed by atoms with Gasteiger partial charge in [-0.25, -0.2) is 8.42 Å². The van der Waals surface area contributed by atoms with Crippen LogP contribution in [0.2, 0.25) is 0 Å². The van der Waals surface area contributed by atoms with Crippen LogP contribution in [-0.4, -0.2) is 38.4 Å². The molecule has 0 bridgehead atoms. The lowest BCUT2D eigenvalue weighted by atomic mass is 9.87. The summed E-state index contributed by atoms with van der Waals surface area (Å²) in [5.41, 5.74) is 1.03. The van der Waals surface area contributed by atoms with Gasteiger partial charge in [-0.1, -0.05) is 46.8 Å². The number of likely N-dealkylation sites (tertiary alicyclic amines) is 1. The van der Waals surface area contributed by atoms with E-state index < -0.39 is 16.1 Å². The van der Waals surface area contributed by atoms with Gasteiger partial charge in [0.15, 0.2) is 0 Å². The van der Waals surface area contributed by atoms with E-state index in [1.165, 1.54) is 0 Å². The fourth-order valence-electron chi connectivity index (χ4n) is 2.98.